The van der Waals surface area contributed by atoms with Gasteiger partial charge < -0.3 is 0 Å². The van der Waals surface area contributed by atoms with E-state index in [1.807, 2.05) is 41.3 Å². The highest BCUT2D eigenvalue weighted by Crippen LogP contribution is 2.32. The first-order valence-corrected chi connectivity index (χ1v) is 9.47. The Hall–Kier alpha value is -2.17. The minimum absolute atomic E-state index is 0.0372. The molecule has 2 aliphatic heterocycles. The monoisotopic (exact) mass is 367 g/mol. The fourth-order valence-electron chi connectivity index (χ4n) is 3.59. The average molecular weight is 368 g/mol. The molecular weight excluding hydrogens is 346 g/mol. The van der Waals surface area contributed by atoms with Crippen molar-refractivity contribution in [2.45, 2.75) is 19.8 Å². The van der Waals surface area contributed by atoms with Crippen LogP contribution in [-0.2, 0) is 4.79 Å². The Morgan fingerprint density at radius 3 is 2.65 bits per heavy atom. The average Bonchev–Trinajstić information content (AvgIpc) is 2.90. The molecule has 1 amide bonds. The zero-order valence-corrected chi connectivity index (χ0v) is 15.6. The van der Waals surface area contributed by atoms with Gasteiger partial charge in [-0.15, -0.1) is 0 Å². The summed E-state index contributed by atoms with van der Waals surface area (Å²) in [7, 11) is 0. The van der Waals surface area contributed by atoms with Crippen LogP contribution in [0.25, 0.3) is 0 Å². The van der Waals surface area contributed by atoms with Crippen LogP contribution in [0.5, 0.6) is 0 Å². The number of para-hydroxylation sites is 1. The van der Waals surface area contributed by atoms with Crippen molar-refractivity contribution in [2.75, 3.05) is 24.7 Å². The molecule has 134 valence electrons. The Morgan fingerprint density at radius 2 is 1.88 bits per heavy atom. The minimum atomic E-state index is -0.0372. The number of likely N-dealkylation sites (tertiary alicyclic amines) is 1. The minimum Gasteiger partial charge on any atom is -0.293 e. The second-order valence-corrected chi connectivity index (χ2v) is 7.57. The summed E-state index contributed by atoms with van der Waals surface area (Å²) in [6, 6.07) is 15.2. The first-order chi connectivity index (χ1) is 12.6. The zero-order valence-electron chi connectivity index (χ0n) is 14.9. The van der Waals surface area contributed by atoms with Crippen molar-refractivity contribution in [1.82, 2.24) is 4.90 Å². The molecule has 26 heavy (non-hydrogen) atoms. The van der Waals surface area contributed by atoms with Gasteiger partial charge in [-0.3, -0.25) is 14.6 Å². The van der Waals surface area contributed by atoms with Crippen LogP contribution in [0.3, 0.4) is 0 Å². The van der Waals surface area contributed by atoms with E-state index in [0.29, 0.717) is 23.1 Å². The Kier molecular flexibility index (Phi) is 4.79. The molecule has 0 aromatic heterocycles. The van der Waals surface area contributed by atoms with E-state index in [2.05, 4.69) is 16.8 Å². The fraction of sp³-hybridized carbons (Fsp3) is 0.333. The third kappa shape index (κ3) is 3.39. The van der Waals surface area contributed by atoms with Crippen LogP contribution < -0.4 is 4.90 Å². The van der Waals surface area contributed by atoms with Crippen LogP contribution in [0, 0.1) is 5.92 Å². The van der Waals surface area contributed by atoms with Crippen molar-refractivity contribution < 1.29 is 4.79 Å². The van der Waals surface area contributed by atoms with Crippen molar-refractivity contribution in [1.29, 1.82) is 0 Å². The second-order valence-electron chi connectivity index (χ2n) is 7.13. The number of hydrogen-bond donors (Lipinski definition) is 0. The first-order valence-electron chi connectivity index (χ1n) is 9.10. The van der Waals surface area contributed by atoms with E-state index >= 15 is 0 Å². The van der Waals surface area contributed by atoms with Gasteiger partial charge in [0, 0.05) is 23.7 Å². The van der Waals surface area contributed by atoms with E-state index in [4.69, 9.17) is 11.6 Å². The van der Waals surface area contributed by atoms with Crippen LogP contribution in [-0.4, -0.2) is 36.3 Å². The third-order valence-electron chi connectivity index (χ3n) is 5.16. The van der Waals surface area contributed by atoms with Gasteiger partial charge in [0.15, 0.2) is 0 Å². The molecule has 2 aliphatic rings. The number of benzene rings is 2. The molecule has 0 unspecified atom stereocenters. The number of fused-ring (bicyclic) bond motifs is 1. The molecule has 1 fully saturated rings. The molecule has 2 aromatic rings. The summed E-state index contributed by atoms with van der Waals surface area (Å²) in [4.78, 5) is 22.0. The van der Waals surface area contributed by atoms with Gasteiger partial charge in [-0.2, -0.15) is 0 Å². The second kappa shape index (κ2) is 7.22. The summed E-state index contributed by atoms with van der Waals surface area (Å²) in [5.74, 6) is 0.734. The lowest BCUT2D eigenvalue weighted by Crippen LogP contribution is -2.44. The molecule has 0 N–H and O–H groups in total. The summed E-state index contributed by atoms with van der Waals surface area (Å²) in [6.07, 6.45) is 2.38. The molecule has 2 aromatic carbocycles. The summed E-state index contributed by atoms with van der Waals surface area (Å²) in [5, 5.41) is 0.616. The Morgan fingerprint density at radius 1 is 1.12 bits per heavy atom. The topological polar surface area (TPSA) is 35.9 Å². The van der Waals surface area contributed by atoms with Gasteiger partial charge in [0.2, 0.25) is 0 Å². The van der Waals surface area contributed by atoms with Gasteiger partial charge in [-0.25, -0.2) is 4.99 Å². The van der Waals surface area contributed by atoms with E-state index in [-0.39, 0.29) is 5.91 Å². The summed E-state index contributed by atoms with van der Waals surface area (Å²) in [6.45, 7) is 4.99. The highest BCUT2D eigenvalue weighted by Gasteiger charge is 2.35. The molecular formula is C21H22ClN3O. The summed E-state index contributed by atoms with van der Waals surface area (Å²) in [5.41, 5.74) is 3.03. The number of carbonyl (C=O) groups excluding carboxylic acids is 1. The van der Waals surface area contributed by atoms with E-state index in [1.54, 1.807) is 12.1 Å². The van der Waals surface area contributed by atoms with E-state index in [0.717, 1.165) is 30.3 Å². The molecule has 5 heteroatoms. The van der Waals surface area contributed by atoms with E-state index in [1.165, 1.54) is 12.8 Å². The molecule has 1 saturated heterocycles. The highest BCUT2D eigenvalue weighted by molar-refractivity contribution is 6.54. The lowest BCUT2D eigenvalue weighted by Gasteiger charge is -2.33. The molecule has 2 heterocycles. The number of rotatable bonds is 3. The van der Waals surface area contributed by atoms with Crippen molar-refractivity contribution in [3.63, 3.8) is 0 Å². The predicted molar refractivity (Wildman–Crippen MR) is 106 cm³/mol. The first kappa shape index (κ1) is 17.3. The molecule has 0 saturated carbocycles. The van der Waals surface area contributed by atoms with Crippen LogP contribution in [0.4, 0.5) is 11.4 Å². The maximum absolute atomic E-state index is 13.1. The number of carbonyl (C=O) groups is 1. The Balaban J connectivity index is 1.64. The van der Waals surface area contributed by atoms with Gasteiger partial charge in [-0.1, -0.05) is 42.8 Å². The third-order valence-corrected chi connectivity index (χ3v) is 5.40. The SMILES string of the molecule is CC1CCN(CN2C(=O)C(=Nc3cccc(Cl)c3)c3ccccc32)CC1. The van der Waals surface area contributed by atoms with Gasteiger partial charge in [0.25, 0.3) is 5.91 Å². The quantitative estimate of drug-likeness (QED) is 0.800. The lowest BCUT2D eigenvalue weighted by molar-refractivity contribution is -0.112. The van der Waals surface area contributed by atoms with Gasteiger partial charge in [0.05, 0.1) is 18.0 Å². The summed E-state index contributed by atoms with van der Waals surface area (Å²) >= 11 is 6.06. The normalized spacial score (nSPS) is 20.0. The molecule has 4 nitrogen and oxygen atoms in total. The standard InChI is InChI=1S/C21H22ClN3O/c1-15-9-11-24(12-10-15)14-25-19-8-3-2-7-18(19)20(21(25)26)23-17-6-4-5-16(22)13-17/h2-8,13,15H,9-12,14H2,1H3. The Bertz CT molecular complexity index is 856. The number of amides is 1. The largest absolute Gasteiger partial charge is 0.293 e. The zero-order chi connectivity index (χ0) is 18.1. The number of aliphatic imine (C=N–C) groups is 1. The number of anilines is 1. The predicted octanol–water partition coefficient (Wildman–Crippen LogP) is 4.50. The van der Waals surface area contributed by atoms with Gasteiger partial charge in [0.1, 0.15) is 5.71 Å². The van der Waals surface area contributed by atoms with Crippen molar-refractivity contribution >= 4 is 34.6 Å². The van der Waals surface area contributed by atoms with Gasteiger partial charge in [-0.05, 0) is 43.0 Å². The maximum Gasteiger partial charge on any atom is 0.278 e. The fourth-order valence-corrected chi connectivity index (χ4v) is 3.77. The Labute approximate surface area is 159 Å². The molecule has 4 rings (SSSR count). The highest BCUT2D eigenvalue weighted by atomic mass is 35.5. The molecule has 0 spiro atoms. The molecule has 0 atom stereocenters. The number of hydrogen-bond acceptors (Lipinski definition) is 3. The summed E-state index contributed by atoms with van der Waals surface area (Å²) < 4.78 is 0. The number of nitrogens with zero attached hydrogens (tertiary/aromatic N) is 3. The molecule has 0 radical (unpaired) electrons. The van der Waals surface area contributed by atoms with E-state index < -0.39 is 0 Å². The van der Waals surface area contributed by atoms with Crippen LogP contribution in [0.15, 0.2) is 53.5 Å². The smallest absolute Gasteiger partial charge is 0.278 e. The van der Waals surface area contributed by atoms with Crippen molar-refractivity contribution in [3.05, 3.63) is 59.1 Å². The molecule has 0 aliphatic carbocycles. The number of halogens is 1. The van der Waals surface area contributed by atoms with Crippen molar-refractivity contribution in [3.8, 4) is 0 Å². The van der Waals surface area contributed by atoms with Crippen LogP contribution in [0.2, 0.25) is 5.02 Å². The number of piperidine rings is 1. The van der Waals surface area contributed by atoms with Crippen LogP contribution in [0.1, 0.15) is 25.3 Å². The van der Waals surface area contributed by atoms with E-state index in [9.17, 15) is 4.79 Å². The van der Waals surface area contributed by atoms with Crippen LogP contribution >= 0.6 is 11.6 Å². The molecule has 0 bridgehead atoms. The van der Waals surface area contributed by atoms with Gasteiger partial charge >= 0.3 is 0 Å². The lowest BCUT2D eigenvalue weighted by atomic mass is 10.00. The maximum atomic E-state index is 13.1. The van der Waals surface area contributed by atoms with Crippen molar-refractivity contribution in [2.24, 2.45) is 10.9 Å².